The fourth-order valence-electron chi connectivity index (χ4n) is 2.38. The highest BCUT2D eigenvalue weighted by molar-refractivity contribution is 6.07. The normalized spacial score (nSPS) is 10.7. The number of carbonyl (C=O) groups is 1. The van der Waals surface area contributed by atoms with Crippen LogP contribution in [-0.2, 0) is 0 Å². The van der Waals surface area contributed by atoms with Gasteiger partial charge in [-0.1, -0.05) is 12.1 Å². The van der Waals surface area contributed by atoms with Gasteiger partial charge in [0.1, 0.15) is 5.82 Å². The molecule has 0 saturated heterocycles. The number of nitrogens with one attached hydrogen (secondary N) is 3. The number of hydrogen-bond acceptors (Lipinski definition) is 3. The Morgan fingerprint density at radius 1 is 1.13 bits per heavy atom. The molecule has 1 aromatic heterocycles. The highest BCUT2D eigenvalue weighted by Crippen LogP contribution is 2.29. The summed E-state index contributed by atoms with van der Waals surface area (Å²) in [7, 11) is 3.62. The second-order valence-electron chi connectivity index (χ2n) is 5.32. The fourth-order valence-corrected chi connectivity index (χ4v) is 2.38. The average molecular weight is 314 g/mol. The Kier molecular flexibility index (Phi) is 3.61. The molecule has 0 saturated carbocycles. The lowest BCUT2D eigenvalue weighted by molar-refractivity contribution is 0.102. The number of benzene rings is 2. The van der Waals surface area contributed by atoms with Gasteiger partial charge in [0.05, 0.1) is 28.0 Å². The van der Waals surface area contributed by atoms with E-state index >= 15 is 0 Å². The summed E-state index contributed by atoms with van der Waals surface area (Å²) in [5.74, 6) is -1.14. The van der Waals surface area contributed by atoms with Crippen LogP contribution in [0.3, 0.4) is 0 Å². The second kappa shape index (κ2) is 5.60. The summed E-state index contributed by atoms with van der Waals surface area (Å²) >= 11 is 0. The number of carbonyl (C=O) groups excluding carboxylic acids is 1. The van der Waals surface area contributed by atoms with Gasteiger partial charge in [-0.2, -0.15) is 0 Å². The van der Waals surface area contributed by atoms with E-state index in [-0.39, 0.29) is 11.3 Å². The molecule has 2 aromatic carbocycles. The van der Waals surface area contributed by atoms with Gasteiger partial charge in [0.2, 0.25) is 0 Å². The minimum Gasteiger partial charge on any atom is -0.376 e. The number of hydrogen-bond donors (Lipinski definition) is 3. The quantitative estimate of drug-likeness (QED) is 0.694. The molecule has 0 atom stereocenters. The van der Waals surface area contributed by atoms with Crippen LogP contribution in [0.1, 0.15) is 10.4 Å². The van der Waals surface area contributed by atoms with Crippen molar-refractivity contribution >= 4 is 28.3 Å². The summed E-state index contributed by atoms with van der Waals surface area (Å²) in [6, 6.07) is 9.14. The van der Waals surface area contributed by atoms with Gasteiger partial charge in [-0.15, -0.1) is 0 Å². The minimum atomic E-state index is -0.590. The molecule has 0 bridgehead atoms. The van der Waals surface area contributed by atoms with Crippen LogP contribution in [0.5, 0.6) is 0 Å². The topological polar surface area (TPSA) is 81.0 Å². The fraction of sp³-hybridized carbons (Fsp3) is 0.125. The van der Waals surface area contributed by atoms with Gasteiger partial charge >= 0.3 is 5.69 Å². The first-order valence-electron chi connectivity index (χ1n) is 6.95. The van der Waals surface area contributed by atoms with Crippen LogP contribution >= 0.6 is 0 Å². The summed E-state index contributed by atoms with van der Waals surface area (Å²) in [6.07, 6.45) is 0. The van der Waals surface area contributed by atoms with Crippen molar-refractivity contribution in [3.63, 3.8) is 0 Å². The summed E-state index contributed by atoms with van der Waals surface area (Å²) < 4.78 is 13.7. The highest BCUT2D eigenvalue weighted by Gasteiger charge is 2.15. The van der Waals surface area contributed by atoms with Gasteiger partial charge in [0, 0.05) is 14.1 Å². The van der Waals surface area contributed by atoms with Gasteiger partial charge in [-0.3, -0.25) is 4.79 Å². The molecular weight excluding hydrogens is 299 g/mol. The standard InChI is InChI=1S/C16H15FN4O2/c1-21(2)14-8-12-11(19-16(23)20-12)7-13(14)18-15(22)9-5-3-4-6-10(9)17/h3-8H,1-2H3,(H,18,22)(H2,19,20,23). The van der Waals surface area contributed by atoms with Crippen LogP contribution in [0.25, 0.3) is 11.0 Å². The van der Waals surface area contributed by atoms with Crippen LogP contribution < -0.4 is 15.9 Å². The molecule has 6 nitrogen and oxygen atoms in total. The van der Waals surface area contributed by atoms with Crippen molar-refractivity contribution in [3.05, 3.63) is 58.3 Å². The number of aromatic nitrogens is 2. The Bertz CT molecular complexity index is 943. The predicted octanol–water partition coefficient (Wildman–Crippen LogP) is 2.31. The maximum absolute atomic E-state index is 13.7. The van der Waals surface area contributed by atoms with E-state index < -0.39 is 11.7 Å². The Balaban J connectivity index is 2.04. The summed E-state index contributed by atoms with van der Waals surface area (Å²) in [6.45, 7) is 0. The number of aromatic amines is 2. The van der Waals surface area contributed by atoms with Gasteiger partial charge in [0.15, 0.2) is 0 Å². The Labute approximate surface area is 130 Å². The lowest BCUT2D eigenvalue weighted by atomic mass is 10.1. The highest BCUT2D eigenvalue weighted by atomic mass is 19.1. The van der Waals surface area contributed by atoms with Crippen molar-refractivity contribution < 1.29 is 9.18 Å². The third-order valence-electron chi connectivity index (χ3n) is 3.48. The van der Waals surface area contributed by atoms with Crippen LogP contribution in [0.4, 0.5) is 15.8 Å². The van der Waals surface area contributed by atoms with Crippen molar-refractivity contribution in [2.75, 3.05) is 24.3 Å². The molecule has 3 aromatic rings. The maximum atomic E-state index is 13.7. The van der Waals surface area contributed by atoms with Gasteiger partial charge in [-0.25, -0.2) is 9.18 Å². The first-order chi connectivity index (χ1) is 11.0. The van der Waals surface area contributed by atoms with E-state index in [0.717, 1.165) is 0 Å². The molecule has 3 rings (SSSR count). The minimum absolute atomic E-state index is 0.0418. The molecule has 0 radical (unpaired) electrons. The van der Waals surface area contributed by atoms with E-state index in [2.05, 4.69) is 15.3 Å². The molecule has 3 N–H and O–H groups in total. The van der Waals surface area contributed by atoms with Crippen LogP contribution in [0.15, 0.2) is 41.2 Å². The zero-order valence-corrected chi connectivity index (χ0v) is 12.6. The first-order valence-corrected chi connectivity index (χ1v) is 6.95. The number of fused-ring (bicyclic) bond motifs is 1. The largest absolute Gasteiger partial charge is 0.376 e. The van der Waals surface area contributed by atoms with E-state index in [4.69, 9.17) is 0 Å². The van der Waals surface area contributed by atoms with Crippen molar-refractivity contribution in [2.45, 2.75) is 0 Å². The molecule has 7 heteroatoms. The molecule has 118 valence electrons. The van der Waals surface area contributed by atoms with E-state index in [1.165, 1.54) is 18.2 Å². The molecule has 0 unspecified atom stereocenters. The van der Waals surface area contributed by atoms with Crippen molar-refractivity contribution in [1.29, 1.82) is 0 Å². The number of nitrogens with zero attached hydrogens (tertiary/aromatic N) is 1. The average Bonchev–Trinajstić information content (AvgIpc) is 2.85. The van der Waals surface area contributed by atoms with Crippen molar-refractivity contribution in [1.82, 2.24) is 9.97 Å². The smallest absolute Gasteiger partial charge is 0.323 e. The van der Waals surface area contributed by atoms with E-state index in [1.54, 1.807) is 23.1 Å². The Morgan fingerprint density at radius 2 is 1.78 bits per heavy atom. The predicted molar refractivity (Wildman–Crippen MR) is 87.6 cm³/mol. The molecule has 23 heavy (non-hydrogen) atoms. The lowest BCUT2D eigenvalue weighted by Crippen LogP contribution is -2.17. The summed E-state index contributed by atoms with van der Waals surface area (Å²) in [5.41, 5.74) is 1.98. The van der Waals surface area contributed by atoms with Crippen molar-refractivity contribution in [2.24, 2.45) is 0 Å². The second-order valence-corrected chi connectivity index (χ2v) is 5.32. The van der Waals surface area contributed by atoms with E-state index in [0.29, 0.717) is 22.4 Å². The zero-order chi connectivity index (χ0) is 16.6. The summed E-state index contributed by atoms with van der Waals surface area (Å²) in [4.78, 5) is 30.8. The van der Waals surface area contributed by atoms with Gasteiger partial charge in [-0.05, 0) is 24.3 Å². The third kappa shape index (κ3) is 2.80. The number of anilines is 2. The molecule has 0 aliphatic rings. The summed E-state index contributed by atoms with van der Waals surface area (Å²) in [5, 5.41) is 2.69. The van der Waals surface area contributed by atoms with E-state index in [1.807, 2.05) is 14.1 Å². The number of halogens is 1. The number of imidazole rings is 1. The monoisotopic (exact) mass is 314 g/mol. The van der Waals surface area contributed by atoms with Gasteiger partial charge in [0.25, 0.3) is 5.91 Å². The van der Waals surface area contributed by atoms with Crippen molar-refractivity contribution in [3.8, 4) is 0 Å². The molecule has 0 fully saturated rings. The number of rotatable bonds is 3. The van der Waals surface area contributed by atoms with E-state index in [9.17, 15) is 14.0 Å². The molecule has 0 spiro atoms. The first kappa shape index (κ1) is 14.8. The molecule has 0 aliphatic heterocycles. The third-order valence-corrected chi connectivity index (χ3v) is 3.48. The van der Waals surface area contributed by atoms with Crippen LogP contribution in [-0.4, -0.2) is 30.0 Å². The number of amides is 1. The Morgan fingerprint density at radius 3 is 2.43 bits per heavy atom. The molecule has 1 amide bonds. The zero-order valence-electron chi connectivity index (χ0n) is 12.6. The maximum Gasteiger partial charge on any atom is 0.323 e. The molecule has 1 heterocycles. The van der Waals surface area contributed by atoms with Crippen LogP contribution in [0.2, 0.25) is 0 Å². The lowest BCUT2D eigenvalue weighted by Gasteiger charge is -2.18. The molecule has 0 aliphatic carbocycles. The van der Waals surface area contributed by atoms with Crippen LogP contribution in [0, 0.1) is 5.82 Å². The Hall–Kier alpha value is -3.09. The SMILES string of the molecule is CN(C)c1cc2[nH]c(=O)[nH]c2cc1NC(=O)c1ccccc1F. The molecular formula is C16H15FN4O2. The van der Waals surface area contributed by atoms with Gasteiger partial charge < -0.3 is 20.2 Å². The number of H-pyrrole nitrogens is 2.